The summed E-state index contributed by atoms with van der Waals surface area (Å²) in [5.41, 5.74) is 6.41. The zero-order chi connectivity index (χ0) is 25.5. The summed E-state index contributed by atoms with van der Waals surface area (Å²) in [5, 5.41) is 9.99. The summed E-state index contributed by atoms with van der Waals surface area (Å²) in [5.74, 6) is -0.249. The average molecular weight is 481 g/mol. The molecule has 0 saturated carbocycles. The van der Waals surface area contributed by atoms with E-state index in [1.807, 2.05) is 73.7 Å². The maximum atomic E-state index is 12.7. The standard InChI is InChI=1S/C30H32N4O2/c1-4-5-9-16-32-30(36)24-14-12-21(17-20(24)2)22-13-15-27-25(18-22)28(26(19-33-27)29(35)31-3)34-23-10-7-6-8-11-23/h6-8,10-15,17-19H,4-5,9,16H2,1-3H3,(H,31,35)(H,32,36)(H,33,34). The molecular formula is C30H32N4O2. The summed E-state index contributed by atoms with van der Waals surface area (Å²) in [6, 6.07) is 21.6. The van der Waals surface area contributed by atoms with Crippen LogP contribution in [0.4, 0.5) is 11.4 Å². The first-order valence-electron chi connectivity index (χ1n) is 12.4. The predicted octanol–water partition coefficient (Wildman–Crippen LogP) is 6.23. The Balaban J connectivity index is 1.71. The Labute approximate surface area is 212 Å². The van der Waals surface area contributed by atoms with Crippen LogP contribution in [0.1, 0.15) is 52.5 Å². The largest absolute Gasteiger partial charge is 0.355 e. The molecular weight excluding hydrogens is 448 g/mol. The Hall–Kier alpha value is -4.19. The number of amides is 2. The maximum absolute atomic E-state index is 12.7. The molecule has 0 unspecified atom stereocenters. The number of pyridine rings is 1. The molecule has 6 nitrogen and oxygen atoms in total. The van der Waals surface area contributed by atoms with Crippen LogP contribution in [-0.2, 0) is 0 Å². The Morgan fingerprint density at radius 1 is 0.861 bits per heavy atom. The molecule has 3 N–H and O–H groups in total. The summed E-state index contributed by atoms with van der Waals surface area (Å²) in [7, 11) is 1.61. The first kappa shape index (κ1) is 24.9. The number of hydrogen-bond acceptors (Lipinski definition) is 4. The van der Waals surface area contributed by atoms with Gasteiger partial charge < -0.3 is 16.0 Å². The van der Waals surface area contributed by atoms with Gasteiger partial charge in [-0.2, -0.15) is 0 Å². The first-order valence-corrected chi connectivity index (χ1v) is 12.4. The number of nitrogens with zero attached hydrogens (tertiary/aromatic N) is 1. The second-order valence-electron chi connectivity index (χ2n) is 8.84. The van der Waals surface area contributed by atoms with E-state index in [1.165, 1.54) is 0 Å². The van der Waals surface area contributed by atoms with E-state index in [1.54, 1.807) is 13.2 Å². The summed E-state index contributed by atoms with van der Waals surface area (Å²) in [4.78, 5) is 29.8. The van der Waals surface area contributed by atoms with Crippen molar-refractivity contribution in [2.24, 2.45) is 0 Å². The third-order valence-electron chi connectivity index (χ3n) is 6.25. The van der Waals surface area contributed by atoms with Gasteiger partial charge in [0.25, 0.3) is 11.8 Å². The zero-order valence-corrected chi connectivity index (χ0v) is 21.0. The third kappa shape index (κ3) is 5.54. The zero-order valence-electron chi connectivity index (χ0n) is 21.0. The van der Waals surface area contributed by atoms with E-state index in [4.69, 9.17) is 0 Å². The topological polar surface area (TPSA) is 83.1 Å². The van der Waals surface area contributed by atoms with Crippen molar-refractivity contribution in [3.05, 3.63) is 89.6 Å². The van der Waals surface area contributed by atoms with Crippen LogP contribution in [0.3, 0.4) is 0 Å². The van der Waals surface area contributed by atoms with E-state index in [0.29, 0.717) is 23.4 Å². The summed E-state index contributed by atoms with van der Waals surface area (Å²) < 4.78 is 0. The Morgan fingerprint density at radius 3 is 2.33 bits per heavy atom. The smallest absolute Gasteiger partial charge is 0.254 e. The van der Waals surface area contributed by atoms with Gasteiger partial charge in [0, 0.05) is 36.4 Å². The van der Waals surface area contributed by atoms with Gasteiger partial charge in [-0.1, -0.05) is 56.2 Å². The monoisotopic (exact) mass is 480 g/mol. The van der Waals surface area contributed by atoms with E-state index in [-0.39, 0.29) is 11.8 Å². The molecule has 0 atom stereocenters. The van der Waals surface area contributed by atoms with E-state index >= 15 is 0 Å². The molecule has 2 amide bonds. The maximum Gasteiger partial charge on any atom is 0.254 e. The van der Waals surface area contributed by atoms with Crippen LogP contribution in [0.5, 0.6) is 0 Å². The molecule has 0 bridgehead atoms. The molecule has 0 saturated heterocycles. The van der Waals surface area contributed by atoms with Crippen molar-refractivity contribution in [2.45, 2.75) is 33.1 Å². The number of fused-ring (bicyclic) bond motifs is 1. The van der Waals surface area contributed by atoms with Crippen LogP contribution in [0.2, 0.25) is 0 Å². The van der Waals surface area contributed by atoms with Gasteiger partial charge in [0.15, 0.2) is 0 Å². The SMILES string of the molecule is CCCCCNC(=O)c1ccc(-c2ccc3ncc(C(=O)NC)c(Nc4ccccc4)c3c2)cc1C. The molecule has 4 aromatic rings. The minimum atomic E-state index is -0.210. The van der Waals surface area contributed by atoms with Crippen molar-refractivity contribution in [1.29, 1.82) is 0 Å². The fraction of sp³-hybridized carbons (Fsp3) is 0.233. The van der Waals surface area contributed by atoms with Crippen LogP contribution in [0.25, 0.3) is 22.0 Å². The van der Waals surface area contributed by atoms with Gasteiger partial charge in [-0.25, -0.2) is 0 Å². The molecule has 0 spiro atoms. The number of aromatic nitrogens is 1. The summed E-state index contributed by atoms with van der Waals surface area (Å²) in [6.07, 6.45) is 4.82. The third-order valence-corrected chi connectivity index (χ3v) is 6.25. The lowest BCUT2D eigenvalue weighted by Gasteiger charge is -2.15. The molecule has 0 aliphatic rings. The fourth-order valence-corrected chi connectivity index (χ4v) is 4.25. The van der Waals surface area contributed by atoms with Gasteiger partial charge in [0.05, 0.1) is 16.8 Å². The average Bonchev–Trinajstić information content (AvgIpc) is 2.91. The van der Waals surface area contributed by atoms with Crippen molar-refractivity contribution in [3.8, 4) is 11.1 Å². The molecule has 6 heteroatoms. The molecule has 3 aromatic carbocycles. The number of hydrogen-bond donors (Lipinski definition) is 3. The van der Waals surface area contributed by atoms with Gasteiger partial charge in [-0.15, -0.1) is 0 Å². The lowest BCUT2D eigenvalue weighted by Crippen LogP contribution is -2.25. The summed E-state index contributed by atoms with van der Waals surface area (Å²) in [6.45, 7) is 4.79. The molecule has 0 aliphatic heterocycles. The Kier molecular flexibility index (Phi) is 7.95. The lowest BCUT2D eigenvalue weighted by atomic mass is 9.97. The van der Waals surface area contributed by atoms with E-state index < -0.39 is 0 Å². The van der Waals surface area contributed by atoms with Crippen LogP contribution >= 0.6 is 0 Å². The minimum Gasteiger partial charge on any atom is -0.355 e. The number of para-hydroxylation sites is 1. The molecule has 1 heterocycles. The highest BCUT2D eigenvalue weighted by atomic mass is 16.2. The van der Waals surface area contributed by atoms with Gasteiger partial charge in [0.2, 0.25) is 0 Å². The molecule has 1 aromatic heterocycles. The van der Waals surface area contributed by atoms with Gasteiger partial charge in [-0.05, 0) is 60.4 Å². The number of nitrogens with one attached hydrogen (secondary N) is 3. The minimum absolute atomic E-state index is 0.0394. The first-order chi connectivity index (χ1) is 17.5. The van der Waals surface area contributed by atoms with Crippen molar-refractivity contribution in [3.63, 3.8) is 0 Å². The molecule has 36 heavy (non-hydrogen) atoms. The number of benzene rings is 3. The summed E-state index contributed by atoms with van der Waals surface area (Å²) >= 11 is 0. The van der Waals surface area contributed by atoms with Gasteiger partial charge in [-0.3, -0.25) is 14.6 Å². The Morgan fingerprint density at radius 2 is 1.61 bits per heavy atom. The predicted molar refractivity (Wildman–Crippen MR) is 147 cm³/mol. The number of anilines is 2. The van der Waals surface area contributed by atoms with Crippen molar-refractivity contribution in [2.75, 3.05) is 18.9 Å². The van der Waals surface area contributed by atoms with Crippen LogP contribution in [-0.4, -0.2) is 30.4 Å². The van der Waals surface area contributed by atoms with Crippen molar-refractivity contribution < 1.29 is 9.59 Å². The number of aryl methyl sites for hydroxylation is 1. The highest BCUT2D eigenvalue weighted by molar-refractivity contribution is 6.08. The van der Waals surface area contributed by atoms with E-state index in [0.717, 1.165) is 52.5 Å². The number of carbonyl (C=O) groups is 2. The van der Waals surface area contributed by atoms with Gasteiger partial charge in [0.1, 0.15) is 0 Å². The molecule has 0 radical (unpaired) electrons. The van der Waals surface area contributed by atoms with Crippen molar-refractivity contribution in [1.82, 2.24) is 15.6 Å². The lowest BCUT2D eigenvalue weighted by molar-refractivity contribution is 0.0948. The molecule has 0 fully saturated rings. The highest BCUT2D eigenvalue weighted by Gasteiger charge is 2.16. The van der Waals surface area contributed by atoms with Crippen molar-refractivity contribution >= 4 is 34.1 Å². The van der Waals surface area contributed by atoms with Crippen LogP contribution in [0, 0.1) is 6.92 Å². The van der Waals surface area contributed by atoms with Crippen LogP contribution < -0.4 is 16.0 Å². The Bertz CT molecular complexity index is 1380. The number of carbonyl (C=O) groups excluding carboxylic acids is 2. The second-order valence-corrected chi connectivity index (χ2v) is 8.84. The molecule has 4 rings (SSSR count). The molecule has 0 aliphatic carbocycles. The van der Waals surface area contributed by atoms with E-state index in [9.17, 15) is 9.59 Å². The quantitative estimate of drug-likeness (QED) is 0.248. The van der Waals surface area contributed by atoms with Crippen LogP contribution in [0.15, 0.2) is 72.9 Å². The second kappa shape index (κ2) is 11.5. The van der Waals surface area contributed by atoms with Gasteiger partial charge >= 0.3 is 0 Å². The van der Waals surface area contributed by atoms with E-state index in [2.05, 4.69) is 27.9 Å². The number of unbranched alkanes of at least 4 members (excludes halogenated alkanes) is 2. The highest BCUT2D eigenvalue weighted by Crippen LogP contribution is 2.33. The number of rotatable bonds is 9. The fourth-order valence-electron chi connectivity index (χ4n) is 4.25. The molecule has 184 valence electrons. The normalized spacial score (nSPS) is 10.8.